The van der Waals surface area contributed by atoms with Crippen LogP contribution in [0.3, 0.4) is 0 Å². The fourth-order valence-electron chi connectivity index (χ4n) is 3.57. The molecule has 28 heavy (non-hydrogen) atoms. The average Bonchev–Trinajstić information content (AvgIpc) is 3.12. The topological polar surface area (TPSA) is 46.3 Å². The molecule has 1 amide bonds. The fourth-order valence-corrected chi connectivity index (χ4v) is 3.74. The molecule has 0 aliphatic carbocycles. The summed E-state index contributed by atoms with van der Waals surface area (Å²) in [6.07, 6.45) is 2.22. The largest absolute Gasteiger partial charge is 0.440 e. The molecule has 0 saturated carbocycles. The van der Waals surface area contributed by atoms with Gasteiger partial charge in [0.15, 0.2) is 23.1 Å². The summed E-state index contributed by atoms with van der Waals surface area (Å²) >= 11 is 5.99. The van der Waals surface area contributed by atoms with Crippen LogP contribution >= 0.6 is 11.6 Å². The number of oxazole rings is 1. The molecule has 0 atom stereocenters. The van der Waals surface area contributed by atoms with Crippen LogP contribution in [0.25, 0.3) is 11.1 Å². The molecule has 2 aromatic carbocycles. The molecule has 3 aromatic rings. The molecule has 0 unspecified atom stereocenters. The van der Waals surface area contributed by atoms with Gasteiger partial charge in [-0.25, -0.2) is 13.8 Å². The number of halogens is 3. The van der Waals surface area contributed by atoms with E-state index in [9.17, 15) is 13.6 Å². The summed E-state index contributed by atoms with van der Waals surface area (Å²) < 4.78 is 32.1. The maximum Gasteiger partial charge on any atom is 0.222 e. The molecule has 4 rings (SSSR count). The maximum absolute atomic E-state index is 13.3. The lowest BCUT2D eigenvalue weighted by atomic mass is 9.96. The zero-order chi connectivity index (χ0) is 19.7. The Hall–Kier alpha value is -2.47. The highest BCUT2D eigenvalue weighted by molar-refractivity contribution is 6.31. The van der Waals surface area contributed by atoms with Crippen molar-refractivity contribution >= 4 is 28.6 Å². The van der Waals surface area contributed by atoms with E-state index in [0.717, 1.165) is 30.5 Å². The minimum absolute atomic E-state index is 0.0209. The fraction of sp³-hybridized carbons (Fsp3) is 0.333. The first-order valence-corrected chi connectivity index (χ1v) is 9.65. The number of hydrogen-bond donors (Lipinski definition) is 0. The molecular weight excluding hydrogens is 386 g/mol. The van der Waals surface area contributed by atoms with Gasteiger partial charge in [-0.05, 0) is 55.2 Å². The predicted octanol–water partition coefficient (Wildman–Crippen LogP) is 5.10. The molecule has 7 heteroatoms. The first kappa shape index (κ1) is 18.9. The SMILES string of the molecule is O=C(CCc1ccc(F)c(F)c1)N1CCC(c2nc3cc(Cl)ccc3o2)CC1. The molecule has 2 heterocycles. The van der Waals surface area contributed by atoms with E-state index in [4.69, 9.17) is 16.0 Å². The first-order valence-electron chi connectivity index (χ1n) is 9.27. The van der Waals surface area contributed by atoms with Crippen LogP contribution in [0.1, 0.15) is 36.6 Å². The molecule has 4 nitrogen and oxygen atoms in total. The van der Waals surface area contributed by atoms with Crippen LogP contribution in [0.2, 0.25) is 5.02 Å². The molecule has 0 N–H and O–H groups in total. The van der Waals surface area contributed by atoms with Crippen LogP contribution in [0, 0.1) is 11.6 Å². The summed E-state index contributed by atoms with van der Waals surface area (Å²) in [6, 6.07) is 9.11. The number of likely N-dealkylation sites (tertiary alicyclic amines) is 1. The Morgan fingerprint density at radius 3 is 2.68 bits per heavy atom. The summed E-state index contributed by atoms with van der Waals surface area (Å²) in [5.74, 6) is -0.885. The Morgan fingerprint density at radius 2 is 1.93 bits per heavy atom. The van der Waals surface area contributed by atoms with Crippen LogP contribution < -0.4 is 0 Å². The molecule has 0 spiro atoms. The number of piperidine rings is 1. The van der Waals surface area contributed by atoms with Crippen LogP contribution in [-0.4, -0.2) is 28.9 Å². The van der Waals surface area contributed by atoms with Gasteiger partial charge in [-0.15, -0.1) is 0 Å². The Kier molecular flexibility index (Phi) is 5.31. The van der Waals surface area contributed by atoms with Crippen molar-refractivity contribution in [3.8, 4) is 0 Å². The van der Waals surface area contributed by atoms with Gasteiger partial charge in [0.25, 0.3) is 0 Å². The van der Waals surface area contributed by atoms with Gasteiger partial charge >= 0.3 is 0 Å². The molecular formula is C21H19ClF2N2O2. The minimum Gasteiger partial charge on any atom is -0.440 e. The minimum atomic E-state index is -0.884. The van der Waals surface area contributed by atoms with E-state index < -0.39 is 11.6 Å². The zero-order valence-electron chi connectivity index (χ0n) is 15.1. The maximum atomic E-state index is 13.3. The Morgan fingerprint density at radius 1 is 1.14 bits per heavy atom. The van der Waals surface area contributed by atoms with E-state index >= 15 is 0 Å². The zero-order valence-corrected chi connectivity index (χ0v) is 15.9. The lowest BCUT2D eigenvalue weighted by Crippen LogP contribution is -2.38. The second kappa shape index (κ2) is 7.87. The van der Waals surface area contributed by atoms with Crippen LogP contribution in [-0.2, 0) is 11.2 Å². The van der Waals surface area contributed by atoms with Crippen LogP contribution in [0.4, 0.5) is 8.78 Å². The summed E-state index contributed by atoms with van der Waals surface area (Å²) in [6.45, 7) is 1.25. The van der Waals surface area contributed by atoms with Gasteiger partial charge in [0.05, 0.1) is 0 Å². The van der Waals surface area contributed by atoms with Gasteiger partial charge in [0.2, 0.25) is 5.91 Å². The number of hydrogen-bond acceptors (Lipinski definition) is 3. The number of amides is 1. The molecule has 0 bridgehead atoms. The van der Waals surface area contributed by atoms with Crippen molar-refractivity contribution in [3.05, 3.63) is 64.5 Å². The number of fused-ring (bicyclic) bond motifs is 1. The highest BCUT2D eigenvalue weighted by atomic mass is 35.5. The number of nitrogens with zero attached hydrogens (tertiary/aromatic N) is 2. The number of aromatic nitrogens is 1. The quantitative estimate of drug-likeness (QED) is 0.608. The normalized spacial score (nSPS) is 15.3. The van der Waals surface area contributed by atoms with Gasteiger partial charge in [0, 0.05) is 30.5 Å². The van der Waals surface area contributed by atoms with E-state index in [0.29, 0.717) is 41.6 Å². The third kappa shape index (κ3) is 4.02. The third-order valence-electron chi connectivity index (χ3n) is 5.17. The van der Waals surface area contributed by atoms with Crippen LogP contribution in [0.5, 0.6) is 0 Å². The number of benzene rings is 2. The Bertz CT molecular complexity index is 1010. The van der Waals surface area contributed by atoms with Gasteiger partial charge in [-0.1, -0.05) is 17.7 Å². The van der Waals surface area contributed by atoms with Crippen LogP contribution in [0.15, 0.2) is 40.8 Å². The van der Waals surface area contributed by atoms with Crippen molar-refractivity contribution < 1.29 is 18.0 Å². The van der Waals surface area contributed by atoms with Crippen molar-refractivity contribution in [2.24, 2.45) is 0 Å². The number of aryl methyl sites for hydroxylation is 1. The second-order valence-electron chi connectivity index (χ2n) is 7.07. The first-order chi connectivity index (χ1) is 13.5. The summed E-state index contributed by atoms with van der Waals surface area (Å²) in [4.78, 5) is 18.8. The summed E-state index contributed by atoms with van der Waals surface area (Å²) in [7, 11) is 0. The molecule has 1 aliphatic heterocycles. The smallest absolute Gasteiger partial charge is 0.222 e. The molecule has 146 valence electrons. The van der Waals surface area contributed by atoms with E-state index in [1.165, 1.54) is 6.07 Å². The monoisotopic (exact) mass is 404 g/mol. The van der Waals surface area contributed by atoms with E-state index in [2.05, 4.69) is 4.98 Å². The number of carbonyl (C=O) groups excluding carboxylic acids is 1. The molecule has 0 radical (unpaired) electrons. The van der Waals surface area contributed by atoms with E-state index in [1.807, 2.05) is 11.0 Å². The van der Waals surface area contributed by atoms with Crippen molar-refractivity contribution in [2.45, 2.75) is 31.6 Å². The summed E-state index contributed by atoms with van der Waals surface area (Å²) in [5.41, 5.74) is 2.07. The van der Waals surface area contributed by atoms with Gasteiger partial charge in [0.1, 0.15) is 5.52 Å². The molecule has 1 aromatic heterocycles. The lowest BCUT2D eigenvalue weighted by molar-refractivity contribution is -0.132. The van der Waals surface area contributed by atoms with Crippen molar-refractivity contribution in [2.75, 3.05) is 13.1 Å². The third-order valence-corrected chi connectivity index (χ3v) is 5.41. The van der Waals surface area contributed by atoms with E-state index in [-0.39, 0.29) is 18.2 Å². The Labute approximate surface area is 166 Å². The Balaban J connectivity index is 1.32. The van der Waals surface area contributed by atoms with Gasteiger partial charge in [-0.2, -0.15) is 0 Å². The highest BCUT2D eigenvalue weighted by Gasteiger charge is 2.27. The second-order valence-corrected chi connectivity index (χ2v) is 7.50. The molecule has 1 aliphatic rings. The van der Waals surface area contributed by atoms with Gasteiger partial charge < -0.3 is 9.32 Å². The summed E-state index contributed by atoms with van der Waals surface area (Å²) in [5, 5.41) is 0.619. The van der Waals surface area contributed by atoms with Gasteiger partial charge in [-0.3, -0.25) is 4.79 Å². The molecule has 1 fully saturated rings. The van der Waals surface area contributed by atoms with E-state index in [1.54, 1.807) is 12.1 Å². The standard InChI is InChI=1S/C21H19ClF2N2O2/c22-15-3-5-19-18(12-15)25-21(28-19)14-7-9-26(10-8-14)20(27)6-2-13-1-4-16(23)17(24)11-13/h1,3-5,11-12,14H,2,6-10H2. The van der Waals surface area contributed by atoms with Crippen molar-refractivity contribution in [1.82, 2.24) is 9.88 Å². The predicted molar refractivity (Wildman–Crippen MR) is 102 cm³/mol. The van der Waals surface area contributed by atoms with Crippen molar-refractivity contribution in [1.29, 1.82) is 0 Å². The lowest BCUT2D eigenvalue weighted by Gasteiger charge is -2.30. The highest BCUT2D eigenvalue weighted by Crippen LogP contribution is 2.31. The number of carbonyl (C=O) groups is 1. The number of rotatable bonds is 4. The van der Waals surface area contributed by atoms with Crippen molar-refractivity contribution in [3.63, 3.8) is 0 Å². The average molecular weight is 405 g/mol. The molecule has 1 saturated heterocycles.